The van der Waals surface area contributed by atoms with E-state index in [4.69, 9.17) is 9.15 Å². The van der Waals surface area contributed by atoms with Gasteiger partial charge in [0.05, 0.1) is 26.0 Å². The van der Waals surface area contributed by atoms with Gasteiger partial charge in [-0.15, -0.1) is 0 Å². The number of nitrogens with zero attached hydrogens (tertiary/aromatic N) is 3. The van der Waals surface area contributed by atoms with Gasteiger partial charge in [-0.3, -0.25) is 9.89 Å². The number of oxazole rings is 1. The van der Waals surface area contributed by atoms with Gasteiger partial charge in [0, 0.05) is 38.6 Å². The van der Waals surface area contributed by atoms with Crippen molar-refractivity contribution in [3.63, 3.8) is 0 Å². The number of hydrogen-bond acceptors (Lipinski definition) is 5. The maximum Gasteiger partial charge on any atom is 0.213 e. The molecule has 0 saturated carbocycles. The van der Waals surface area contributed by atoms with Crippen LogP contribution < -0.4 is 10.6 Å². The van der Waals surface area contributed by atoms with Gasteiger partial charge in [-0.05, 0) is 11.1 Å². The van der Waals surface area contributed by atoms with Gasteiger partial charge in [-0.25, -0.2) is 4.98 Å². The lowest BCUT2D eigenvalue weighted by Crippen LogP contribution is -2.37. The Kier molecular flexibility index (Phi) is 7.28. The number of morpholine rings is 1. The maximum atomic E-state index is 5.84. The molecule has 0 aliphatic carbocycles. The van der Waals surface area contributed by atoms with Crippen molar-refractivity contribution in [2.24, 2.45) is 4.99 Å². The molecule has 3 rings (SSSR count). The molecule has 7 heteroatoms. The minimum atomic E-state index is -0.0463. The van der Waals surface area contributed by atoms with Crippen LogP contribution in [0.1, 0.15) is 43.5 Å². The first kappa shape index (κ1) is 21.3. The van der Waals surface area contributed by atoms with Crippen LogP contribution in [0.4, 0.5) is 0 Å². The fourth-order valence-electron chi connectivity index (χ4n) is 3.18. The van der Waals surface area contributed by atoms with Crippen LogP contribution in [0.2, 0.25) is 0 Å². The predicted molar refractivity (Wildman–Crippen MR) is 115 cm³/mol. The van der Waals surface area contributed by atoms with Crippen molar-refractivity contribution in [3.05, 3.63) is 53.2 Å². The molecule has 2 heterocycles. The third-order valence-corrected chi connectivity index (χ3v) is 4.99. The molecule has 7 nitrogen and oxygen atoms in total. The van der Waals surface area contributed by atoms with Gasteiger partial charge in [0.15, 0.2) is 5.96 Å². The van der Waals surface area contributed by atoms with E-state index in [1.807, 2.05) is 0 Å². The lowest BCUT2D eigenvalue weighted by Gasteiger charge is -2.27. The summed E-state index contributed by atoms with van der Waals surface area (Å²) in [7, 11) is 1.77. The Labute approximate surface area is 173 Å². The highest BCUT2D eigenvalue weighted by Gasteiger charge is 2.19. The van der Waals surface area contributed by atoms with Crippen LogP contribution in [0.25, 0.3) is 0 Å². The highest BCUT2D eigenvalue weighted by molar-refractivity contribution is 5.79. The molecule has 1 aliphatic rings. The average Bonchev–Trinajstić information content (AvgIpc) is 3.20. The zero-order valence-corrected chi connectivity index (χ0v) is 18.0. The van der Waals surface area contributed by atoms with Crippen LogP contribution in [0.5, 0.6) is 0 Å². The second kappa shape index (κ2) is 9.89. The molecule has 0 unspecified atom stereocenters. The first-order valence-corrected chi connectivity index (χ1v) is 10.2. The molecule has 0 bridgehead atoms. The SMILES string of the molecule is CN=C(NCc1ncc(C(C)(C)C)o1)NCc1ccccc1CN1CCOCC1. The summed E-state index contributed by atoms with van der Waals surface area (Å²) in [5, 5.41) is 6.67. The summed E-state index contributed by atoms with van der Waals surface area (Å²) in [6.07, 6.45) is 1.80. The fraction of sp³-hybridized carbons (Fsp3) is 0.545. The topological polar surface area (TPSA) is 74.9 Å². The van der Waals surface area contributed by atoms with Crippen LogP contribution in [0.15, 0.2) is 39.9 Å². The van der Waals surface area contributed by atoms with E-state index >= 15 is 0 Å². The number of nitrogens with one attached hydrogen (secondary N) is 2. The molecule has 1 aromatic heterocycles. The van der Waals surface area contributed by atoms with Crippen LogP contribution in [-0.4, -0.2) is 49.2 Å². The number of rotatable bonds is 6. The van der Waals surface area contributed by atoms with Crippen LogP contribution in [0.3, 0.4) is 0 Å². The van der Waals surface area contributed by atoms with Gasteiger partial charge in [-0.2, -0.15) is 0 Å². The molecule has 1 aliphatic heterocycles. The number of aromatic nitrogens is 1. The van der Waals surface area contributed by atoms with Crippen molar-refractivity contribution in [1.82, 2.24) is 20.5 Å². The molecule has 0 radical (unpaired) electrons. The Balaban J connectivity index is 1.53. The molecule has 2 N–H and O–H groups in total. The van der Waals surface area contributed by atoms with Gasteiger partial charge in [0.2, 0.25) is 5.89 Å². The van der Waals surface area contributed by atoms with Gasteiger partial charge >= 0.3 is 0 Å². The number of hydrogen-bond donors (Lipinski definition) is 2. The highest BCUT2D eigenvalue weighted by Crippen LogP contribution is 2.22. The normalized spacial score (nSPS) is 16.1. The first-order valence-electron chi connectivity index (χ1n) is 10.2. The molecule has 0 amide bonds. The third kappa shape index (κ3) is 6.30. The smallest absolute Gasteiger partial charge is 0.213 e. The highest BCUT2D eigenvalue weighted by atomic mass is 16.5. The van der Waals surface area contributed by atoms with E-state index < -0.39 is 0 Å². The second-order valence-corrected chi connectivity index (χ2v) is 8.30. The summed E-state index contributed by atoms with van der Waals surface area (Å²) >= 11 is 0. The first-order chi connectivity index (χ1) is 14.0. The number of benzene rings is 1. The fourth-order valence-corrected chi connectivity index (χ4v) is 3.18. The molecular formula is C22H33N5O2. The van der Waals surface area contributed by atoms with E-state index in [9.17, 15) is 0 Å². The average molecular weight is 400 g/mol. The number of aliphatic imine (C=N–C) groups is 1. The lowest BCUT2D eigenvalue weighted by atomic mass is 9.94. The number of guanidine groups is 1. The predicted octanol–water partition coefficient (Wildman–Crippen LogP) is 2.67. The Bertz CT molecular complexity index is 804. The minimum Gasteiger partial charge on any atom is -0.443 e. The largest absolute Gasteiger partial charge is 0.443 e. The molecular weight excluding hydrogens is 366 g/mol. The minimum absolute atomic E-state index is 0.0463. The van der Waals surface area contributed by atoms with E-state index in [2.05, 4.69) is 70.5 Å². The summed E-state index contributed by atoms with van der Waals surface area (Å²) in [5.41, 5.74) is 2.56. The molecule has 0 atom stereocenters. The monoisotopic (exact) mass is 399 g/mol. The summed E-state index contributed by atoms with van der Waals surface area (Å²) in [6, 6.07) is 8.54. The van der Waals surface area contributed by atoms with Crippen molar-refractivity contribution < 1.29 is 9.15 Å². The van der Waals surface area contributed by atoms with Crippen molar-refractivity contribution in [2.75, 3.05) is 33.4 Å². The van der Waals surface area contributed by atoms with Crippen molar-refractivity contribution >= 4 is 5.96 Å². The van der Waals surface area contributed by atoms with Crippen molar-refractivity contribution in [3.8, 4) is 0 Å². The Morgan fingerprint density at radius 1 is 1.10 bits per heavy atom. The van der Waals surface area contributed by atoms with Crippen LogP contribution in [0, 0.1) is 0 Å². The molecule has 2 aromatic rings. The van der Waals surface area contributed by atoms with Crippen LogP contribution >= 0.6 is 0 Å². The molecule has 158 valence electrons. The molecule has 0 spiro atoms. The van der Waals surface area contributed by atoms with Gasteiger partial charge in [0.25, 0.3) is 0 Å². The standard InChI is InChI=1S/C22H33N5O2/c1-22(2,3)19-14-24-20(29-19)15-26-21(23-4)25-13-17-7-5-6-8-18(17)16-27-9-11-28-12-10-27/h5-8,14H,9-13,15-16H2,1-4H3,(H2,23,25,26). The van der Waals surface area contributed by atoms with E-state index in [0.29, 0.717) is 19.0 Å². The number of ether oxygens (including phenoxy) is 1. The summed E-state index contributed by atoms with van der Waals surface area (Å²) in [4.78, 5) is 11.1. The summed E-state index contributed by atoms with van der Waals surface area (Å²) in [6.45, 7) is 12.1. The second-order valence-electron chi connectivity index (χ2n) is 8.30. The molecule has 1 fully saturated rings. The van der Waals surface area contributed by atoms with E-state index in [1.165, 1.54) is 11.1 Å². The quantitative estimate of drug-likeness (QED) is 0.575. The van der Waals surface area contributed by atoms with Crippen LogP contribution in [-0.2, 0) is 29.8 Å². The molecule has 29 heavy (non-hydrogen) atoms. The van der Waals surface area contributed by atoms with Gasteiger partial charge in [0.1, 0.15) is 5.76 Å². The lowest BCUT2D eigenvalue weighted by molar-refractivity contribution is 0.0341. The summed E-state index contributed by atoms with van der Waals surface area (Å²) in [5.74, 6) is 2.27. The zero-order valence-electron chi connectivity index (χ0n) is 18.0. The maximum absolute atomic E-state index is 5.84. The van der Waals surface area contributed by atoms with E-state index in [-0.39, 0.29) is 5.41 Å². The Morgan fingerprint density at radius 3 is 2.45 bits per heavy atom. The Morgan fingerprint density at radius 2 is 1.79 bits per heavy atom. The third-order valence-electron chi connectivity index (χ3n) is 4.99. The van der Waals surface area contributed by atoms with Gasteiger partial charge in [-0.1, -0.05) is 45.0 Å². The zero-order chi connectivity index (χ0) is 20.7. The van der Waals surface area contributed by atoms with Crippen molar-refractivity contribution in [1.29, 1.82) is 0 Å². The van der Waals surface area contributed by atoms with E-state index in [0.717, 1.165) is 44.6 Å². The van der Waals surface area contributed by atoms with Gasteiger partial charge < -0.3 is 19.8 Å². The summed E-state index contributed by atoms with van der Waals surface area (Å²) < 4.78 is 11.3. The molecule has 1 aromatic carbocycles. The Hall–Kier alpha value is -2.38. The molecule has 1 saturated heterocycles. The van der Waals surface area contributed by atoms with Crippen molar-refractivity contribution in [2.45, 2.75) is 45.8 Å². The van der Waals surface area contributed by atoms with E-state index in [1.54, 1.807) is 13.2 Å².